The van der Waals surface area contributed by atoms with Crippen LogP contribution >= 0.6 is 0 Å². The number of furan rings is 1. The quantitative estimate of drug-likeness (QED) is 0.515. The number of allylic oxidation sites excluding steroid dienone is 1. The second kappa shape index (κ2) is 7.06. The number of hydrogen-bond acceptors (Lipinski definition) is 5. The van der Waals surface area contributed by atoms with Crippen molar-refractivity contribution in [3.8, 4) is 0 Å². The summed E-state index contributed by atoms with van der Waals surface area (Å²) in [6.45, 7) is 9.99. The van der Waals surface area contributed by atoms with Gasteiger partial charge in [0.25, 0.3) is 0 Å². The molecule has 0 amide bonds. The summed E-state index contributed by atoms with van der Waals surface area (Å²) in [6, 6.07) is 2.06. The summed E-state index contributed by atoms with van der Waals surface area (Å²) in [4.78, 5) is 25.1. The van der Waals surface area contributed by atoms with E-state index in [-0.39, 0.29) is 40.3 Å². The van der Waals surface area contributed by atoms with E-state index >= 15 is 0 Å². The summed E-state index contributed by atoms with van der Waals surface area (Å²) in [5, 5.41) is 11.8. The molecule has 4 aliphatic rings. The maximum Gasteiger partial charge on any atom is 0.303 e. The van der Waals surface area contributed by atoms with E-state index in [2.05, 4.69) is 26.0 Å². The van der Waals surface area contributed by atoms with Gasteiger partial charge in [-0.05, 0) is 60.0 Å². The summed E-state index contributed by atoms with van der Waals surface area (Å²) in [7, 11) is 0. The smallest absolute Gasteiger partial charge is 0.303 e. The van der Waals surface area contributed by atoms with Crippen LogP contribution in [0.3, 0.4) is 0 Å². The molecule has 3 fully saturated rings. The average molecular weight is 441 g/mol. The van der Waals surface area contributed by atoms with Gasteiger partial charge in [0.1, 0.15) is 11.9 Å². The molecule has 1 aromatic rings. The molecule has 5 nitrogen and oxygen atoms in total. The van der Waals surface area contributed by atoms with Gasteiger partial charge in [0.05, 0.1) is 18.6 Å². The molecule has 0 spiro atoms. The third-order valence-corrected chi connectivity index (χ3v) is 9.99. The molecule has 1 heterocycles. The summed E-state index contributed by atoms with van der Waals surface area (Å²) in [5.74, 6) is 0.186. The number of carbonyl (C=O) groups is 2. The number of fused-ring (bicyclic) bond motifs is 5. The number of aliphatic hydroxyl groups excluding tert-OH is 1. The van der Waals surface area contributed by atoms with E-state index in [1.54, 1.807) is 6.26 Å². The topological polar surface area (TPSA) is 76.7 Å². The lowest BCUT2D eigenvalue weighted by Crippen LogP contribution is -2.67. The highest BCUT2D eigenvalue weighted by Gasteiger charge is 2.67. The first-order valence-corrected chi connectivity index (χ1v) is 12.1. The molecule has 5 rings (SSSR count). The molecule has 1 N–H and O–H groups in total. The molecule has 0 aliphatic heterocycles. The van der Waals surface area contributed by atoms with Crippen molar-refractivity contribution >= 4 is 11.8 Å². The van der Waals surface area contributed by atoms with E-state index in [1.807, 2.05) is 20.1 Å². The van der Waals surface area contributed by atoms with Crippen LogP contribution in [-0.2, 0) is 14.3 Å². The van der Waals surface area contributed by atoms with Crippen LogP contribution in [-0.4, -0.2) is 29.1 Å². The lowest BCUT2D eigenvalue weighted by molar-refractivity contribution is -0.223. The fourth-order valence-corrected chi connectivity index (χ4v) is 8.56. The number of carbonyl (C=O) groups excluding carboxylic acids is 2. The molecule has 8 unspecified atom stereocenters. The predicted molar refractivity (Wildman–Crippen MR) is 120 cm³/mol. The Bertz CT molecular complexity index is 959. The van der Waals surface area contributed by atoms with E-state index in [1.165, 1.54) is 18.1 Å². The predicted octanol–water partition coefficient (Wildman–Crippen LogP) is 5.04. The molecule has 32 heavy (non-hydrogen) atoms. The maximum absolute atomic E-state index is 13.0. The van der Waals surface area contributed by atoms with Crippen molar-refractivity contribution < 1.29 is 23.8 Å². The van der Waals surface area contributed by atoms with Crippen LogP contribution in [0.15, 0.2) is 34.7 Å². The molecule has 8 atom stereocenters. The van der Waals surface area contributed by atoms with Crippen molar-refractivity contribution in [3.05, 3.63) is 35.8 Å². The summed E-state index contributed by atoms with van der Waals surface area (Å²) < 4.78 is 11.3. The number of aliphatic hydroxyl groups is 1. The Balaban J connectivity index is 1.59. The number of ketones is 1. The second-order valence-electron chi connectivity index (χ2n) is 11.8. The maximum atomic E-state index is 13.0. The van der Waals surface area contributed by atoms with E-state index in [0.29, 0.717) is 12.3 Å². The van der Waals surface area contributed by atoms with Crippen LogP contribution in [0.1, 0.15) is 78.2 Å². The Labute approximate surface area is 190 Å². The monoisotopic (exact) mass is 440 g/mol. The third-order valence-electron chi connectivity index (χ3n) is 9.99. The molecule has 3 saturated carbocycles. The molecule has 1 aromatic heterocycles. The SMILES string of the molecule is CC(=O)OC1C(O)C2C3=CCC(c4ccoc4)C3(C)CCC2C2(C)CCC(=O)C(C)(C)C12. The lowest BCUT2D eigenvalue weighted by atomic mass is 9.40. The van der Waals surface area contributed by atoms with Gasteiger partial charge in [-0.2, -0.15) is 0 Å². The zero-order valence-electron chi connectivity index (χ0n) is 19.9. The van der Waals surface area contributed by atoms with E-state index in [0.717, 1.165) is 25.7 Å². The van der Waals surface area contributed by atoms with Crippen molar-refractivity contribution in [2.45, 2.75) is 84.8 Å². The molecule has 0 bridgehead atoms. The molecule has 5 heteroatoms. The van der Waals surface area contributed by atoms with Crippen LogP contribution in [0.5, 0.6) is 0 Å². The molecular formula is C27H36O5. The van der Waals surface area contributed by atoms with Crippen molar-refractivity contribution in [1.29, 1.82) is 0 Å². The first-order chi connectivity index (χ1) is 15.0. The summed E-state index contributed by atoms with van der Waals surface area (Å²) in [5.41, 5.74) is 1.68. The first kappa shape index (κ1) is 21.9. The standard InChI is InChI=1S/C27H36O5/c1-15(28)32-23-22(30)21-18-7-6-17(16-10-13-31-14-16)26(18,4)11-8-19(21)27(5)12-9-20(29)25(2,3)24(23)27/h7,10,13-14,17,19,21-24,30H,6,8-9,11-12H2,1-5H3. The number of ether oxygens (including phenoxy) is 1. The van der Waals surface area contributed by atoms with Crippen molar-refractivity contribution in [2.75, 3.05) is 0 Å². The zero-order valence-corrected chi connectivity index (χ0v) is 19.9. The Morgan fingerprint density at radius 1 is 1.22 bits per heavy atom. The minimum Gasteiger partial charge on any atom is -0.472 e. The summed E-state index contributed by atoms with van der Waals surface area (Å²) >= 11 is 0. The van der Waals surface area contributed by atoms with Gasteiger partial charge in [-0.3, -0.25) is 9.59 Å². The summed E-state index contributed by atoms with van der Waals surface area (Å²) in [6.07, 6.45) is 8.79. The normalized spacial score (nSPS) is 44.8. The van der Waals surface area contributed by atoms with Crippen LogP contribution in [0, 0.1) is 34.0 Å². The lowest BCUT2D eigenvalue weighted by Gasteiger charge is -2.65. The van der Waals surface area contributed by atoms with Gasteiger partial charge in [-0.25, -0.2) is 0 Å². The first-order valence-electron chi connectivity index (χ1n) is 12.1. The highest BCUT2D eigenvalue weighted by atomic mass is 16.6. The van der Waals surface area contributed by atoms with Crippen molar-refractivity contribution in [3.63, 3.8) is 0 Å². The molecule has 4 aliphatic carbocycles. The van der Waals surface area contributed by atoms with Crippen LogP contribution in [0.4, 0.5) is 0 Å². The molecule has 0 saturated heterocycles. The third kappa shape index (κ3) is 2.79. The Kier molecular flexibility index (Phi) is 4.84. The fourth-order valence-electron chi connectivity index (χ4n) is 8.56. The highest BCUT2D eigenvalue weighted by molar-refractivity contribution is 5.85. The number of rotatable bonds is 2. The van der Waals surface area contributed by atoms with Gasteiger partial charge in [-0.15, -0.1) is 0 Å². The largest absolute Gasteiger partial charge is 0.472 e. The Morgan fingerprint density at radius 2 is 1.97 bits per heavy atom. The van der Waals surface area contributed by atoms with Gasteiger partial charge >= 0.3 is 5.97 Å². The van der Waals surface area contributed by atoms with Gasteiger partial charge in [-0.1, -0.05) is 39.3 Å². The zero-order chi connectivity index (χ0) is 23.1. The number of Topliss-reactive ketones (excluding diaryl/α,β-unsaturated/α-hetero) is 1. The van der Waals surface area contributed by atoms with Gasteiger partial charge in [0.2, 0.25) is 0 Å². The molecule has 174 valence electrons. The Hall–Kier alpha value is -1.88. The highest BCUT2D eigenvalue weighted by Crippen LogP contribution is 2.69. The molecular weight excluding hydrogens is 404 g/mol. The van der Waals surface area contributed by atoms with Gasteiger partial charge < -0.3 is 14.3 Å². The number of esters is 1. The van der Waals surface area contributed by atoms with E-state index in [9.17, 15) is 14.7 Å². The molecule has 0 aromatic carbocycles. The van der Waals surface area contributed by atoms with Crippen molar-refractivity contribution in [2.24, 2.45) is 34.0 Å². The average Bonchev–Trinajstić information content (AvgIpc) is 3.35. The second-order valence-corrected chi connectivity index (χ2v) is 11.8. The minimum atomic E-state index is -0.805. The Morgan fingerprint density at radius 3 is 2.62 bits per heavy atom. The van der Waals surface area contributed by atoms with Crippen molar-refractivity contribution in [1.82, 2.24) is 0 Å². The van der Waals surface area contributed by atoms with E-state index in [4.69, 9.17) is 9.15 Å². The van der Waals surface area contributed by atoms with Crippen LogP contribution in [0.25, 0.3) is 0 Å². The fraction of sp³-hybridized carbons (Fsp3) is 0.704. The van der Waals surface area contributed by atoms with Crippen LogP contribution < -0.4 is 0 Å². The van der Waals surface area contributed by atoms with Crippen LogP contribution in [0.2, 0.25) is 0 Å². The number of hydrogen-bond donors (Lipinski definition) is 1. The van der Waals surface area contributed by atoms with Gasteiger partial charge in [0, 0.05) is 30.6 Å². The van der Waals surface area contributed by atoms with Gasteiger partial charge in [0.15, 0.2) is 0 Å². The molecule has 0 radical (unpaired) electrons. The van der Waals surface area contributed by atoms with E-state index < -0.39 is 17.6 Å². The minimum absolute atomic E-state index is 0.0456.